The van der Waals surface area contributed by atoms with Gasteiger partial charge in [-0.15, -0.1) is 0 Å². The molecule has 11 heteroatoms. The van der Waals surface area contributed by atoms with Crippen molar-refractivity contribution >= 4 is 29.2 Å². The summed E-state index contributed by atoms with van der Waals surface area (Å²) in [5, 5.41) is 3.83. The highest BCUT2D eigenvalue weighted by Crippen LogP contribution is 2.41. The Morgan fingerprint density at radius 3 is 1.98 bits per heavy atom. The fourth-order valence-electron chi connectivity index (χ4n) is 4.24. The first-order valence-corrected chi connectivity index (χ1v) is 15.2. The Hall–Kier alpha value is -3.01. The third-order valence-corrected chi connectivity index (χ3v) is 8.14. The maximum atomic E-state index is 12.0. The van der Waals surface area contributed by atoms with E-state index in [1.54, 1.807) is 6.92 Å². The maximum Gasteiger partial charge on any atom is 0.343 e. The smallest absolute Gasteiger partial charge is 0.343 e. The third-order valence-electron chi connectivity index (χ3n) is 7.77. The molecule has 1 N–H and O–H groups in total. The van der Waals surface area contributed by atoms with Crippen molar-refractivity contribution in [3.8, 4) is 11.8 Å². The normalized spacial score (nSPS) is 17.8. The first kappa shape index (κ1) is 29.5. The number of hydrogen-bond acceptors (Lipinski definition) is 10. The summed E-state index contributed by atoms with van der Waals surface area (Å²) in [6, 6.07) is 0. The van der Waals surface area contributed by atoms with Crippen LogP contribution in [0, 0.1) is 25.7 Å². The number of rotatable bonds is 14. The van der Waals surface area contributed by atoms with Gasteiger partial charge in [-0.05, 0) is 70.6 Å². The zero-order chi connectivity index (χ0) is 28.9. The summed E-state index contributed by atoms with van der Waals surface area (Å²) in [5.74, 6) is 5.56. The van der Waals surface area contributed by atoms with Crippen molar-refractivity contribution in [3.05, 3.63) is 27.9 Å². The lowest BCUT2D eigenvalue weighted by Crippen LogP contribution is -2.15. The SMILES string of the molecule is COC(=O)COc1nc(C2CC2)nc(Cl)c1C.Cc1c(NCC2CC2)nc(C2CC2)nc1OCC(=O)CCC1CC1. The number of Topliss-reactive ketones (excluding diaryl/α,β-unsaturated/α-hetero) is 1. The molecule has 0 aliphatic heterocycles. The van der Waals surface area contributed by atoms with E-state index in [9.17, 15) is 9.59 Å². The monoisotopic (exact) mass is 585 g/mol. The Labute approximate surface area is 246 Å². The number of halogens is 1. The second kappa shape index (κ2) is 13.3. The van der Waals surface area contributed by atoms with E-state index in [-0.39, 0.29) is 19.0 Å². The molecule has 0 radical (unpaired) electrons. The summed E-state index contributed by atoms with van der Waals surface area (Å²) in [6.45, 7) is 4.68. The molecular formula is C30H40ClN5O5. The molecule has 6 rings (SSSR count). The van der Waals surface area contributed by atoms with Gasteiger partial charge >= 0.3 is 5.97 Å². The van der Waals surface area contributed by atoms with Gasteiger partial charge in [0.05, 0.1) is 12.7 Å². The molecule has 0 aromatic carbocycles. The number of carbonyl (C=O) groups is 2. The molecule has 0 spiro atoms. The first-order valence-electron chi connectivity index (χ1n) is 14.8. The van der Waals surface area contributed by atoms with Crippen LogP contribution in [0.15, 0.2) is 0 Å². The molecule has 0 bridgehead atoms. The number of hydrogen-bond donors (Lipinski definition) is 1. The summed E-state index contributed by atoms with van der Waals surface area (Å²) in [6.07, 6.45) is 11.3. The number of carbonyl (C=O) groups excluding carboxylic acids is 2. The van der Waals surface area contributed by atoms with Crippen molar-refractivity contribution in [2.24, 2.45) is 11.8 Å². The second-order valence-electron chi connectivity index (χ2n) is 11.7. The van der Waals surface area contributed by atoms with Crippen LogP contribution in [0.4, 0.5) is 5.82 Å². The Balaban J connectivity index is 0.000000175. The van der Waals surface area contributed by atoms with E-state index in [1.807, 2.05) is 6.92 Å². The third kappa shape index (κ3) is 8.99. The number of aromatic nitrogens is 4. The lowest BCUT2D eigenvalue weighted by molar-refractivity contribution is -0.143. The van der Waals surface area contributed by atoms with Gasteiger partial charge in [0.15, 0.2) is 12.4 Å². The Bertz CT molecular complexity index is 1260. The Morgan fingerprint density at radius 2 is 1.39 bits per heavy atom. The highest BCUT2D eigenvalue weighted by atomic mass is 35.5. The van der Waals surface area contributed by atoms with Crippen LogP contribution in [0.3, 0.4) is 0 Å². The molecular weight excluding hydrogens is 546 g/mol. The number of ether oxygens (including phenoxy) is 3. The standard InChI is InChI=1S/C19H27N3O2.C11H13ClN2O3/c1-12-17(20-10-14-4-5-14)21-18(15-7-8-15)22-19(12)24-11-16(23)9-6-13-2-3-13;1-6-9(12)13-10(7-3-4-7)14-11(6)17-5-8(15)16-2/h13-15H,2-11H2,1H3,(H,20,21,22);7H,3-5H2,1-2H3. The van der Waals surface area contributed by atoms with Crippen molar-refractivity contribution in [2.75, 3.05) is 32.2 Å². The molecule has 41 heavy (non-hydrogen) atoms. The van der Waals surface area contributed by atoms with Gasteiger partial charge in [-0.1, -0.05) is 24.4 Å². The van der Waals surface area contributed by atoms with Crippen molar-refractivity contribution in [1.29, 1.82) is 0 Å². The summed E-state index contributed by atoms with van der Waals surface area (Å²) in [7, 11) is 1.31. The largest absolute Gasteiger partial charge is 0.469 e. The van der Waals surface area contributed by atoms with Gasteiger partial charge in [0, 0.05) is 30.4 Å². The van der Waals surface area contributed by atoms with E-state index in [1.165, 1.54) is 32.8 Å². The van der Waals surface area contributed by atoms with Crippen molar-refractivity contribution in [3.63, 3.8) is 0 Å². The van der Waals surface area contributed by atoms with Crippen LogP contribution >= 0.6 is 11.6 Å². The van der Waals surface area contributed by atoms with Crippen LogP contribution < -0.4 is 14.8 Å². The lowest BCUT2D eigenvalue weighted by atomic mass is 10.2. The number of methoxy groups -OCH3 is 1. The quantitative estimate of drug-likeness (QED) is 0.225. The van der Waals surface area contributed by atoms with Crippen LogP contribution in [0.5, 0.6) is 11.8 Å². The van der Waals surface area contributed by atoms with Gasteiger partial charge in [0.1, 0.15) is 29.2 Å². The van der Waals surface area contributed by atoms with Gasteiger partial charge in [0.25, 0.3) is 0 Å². The van der Waals surface area contributed by atoms with Crippen molar-refractivity contribution in [2.45, 2.75) is 89.9 Å². The van der Waals surface area contributed by atoms with Crippen LogP contribution in [-0.4, -0.2) is 58.6 Å². The molecule has 0 saturated heterocycles. The highest BCUT2D eigenvalue weighted by molar-refractivity contribution is 6.30. The van der Waals surface area contributed by atoms with E-state index < -0.39 is 5.97 Å². The van der Waals surface area contributed by atoms with Gasteiger partial charge in [-0.25, -0.2) is 14.8 Å². The molecule has 10 nitrogen and oxygen atoms in total. The highest BCUT2D eigenvalue weighted by Gasteiger charge is 2.30. The fraction of sp³-hybridized carbons (Fsp3) is 0.667. The molecule has 2 aromatic rings. The van der Waals surface area contributed by atoms with E-state index in [4.69, 9.17) is 26.1 Å². The van der Waals surface area contributed by atoms with E-state index in [0.29, 0.717) is 46.6 Å². The van der Waals surface area contributed by atoms with Crippen LogP contribution in [0.2, 0.25) is 5.15 Å². The van der Waals surface area contributed by atoms with Gasteiger partial charge in [-0.3, -0.25) is 4.79 Å². The number of ketones is 1. The number of anilines is 1. The maximum absolute atomic E-state index is 12.0. The summed E-state index contributed by atoms with van der Waals surface area (Å²) >= 11 is 5.99. The van der Waals surface area contributed by atoms with E-state index in [2.05, 4.69) is 25.0 Å². The molecule has 2 aromatic heterocycles. The average Bonchev–Trinajstić information content (AvgIpc) is 3.80. The predicted molar refractivity (Wildman–Crippen MR) is 154 cm³/mol. The Morgan fingerprint density at radius 1 is 0.805 bits per heavy atom. The second-order valence-corrected chi connectivity index (χ2v) is 12.1. The summed E-state index contributed by atoms with van der Waals surface area (Å²) in [4.78, 5) is 40.8. The zero-order valence-corrected chi connectivity index (χ0v) is 25.0. The minimum absolute atomic E-state index is 0.136. The van der Waals surface area contributed by atoms with Crippen LogP contribution in [0.25, 0.3) is 0 Å². The molecule has 4 aliphatic carbocycles. The molecule has 0 atom stereocenters. The molecule has 222 valence electrons. The molecule has 4 aliphatic rings. The van der Waals surface area contributed by atoms with Gasteiger partial charge in [0.2, 0.25) is 11.8 Å². The number of esters is 1. The molecule has 2 heterocycles. The minimum atomic E-state index is -0.452. The van der Waals surface area contributed by atoms with E-state index >= 15 is 0 Å². The zero-order valence-electron chi connectivity index (χ0n) is 24.2. The molecule has 0 unspecified atom stereocenters. The van der Waals surface area contributed by atoms with Crippen LogP contribution in [-0.2, 0) is 14.3 Å². The molecule has 4 saturated carbocycles. The number of nitrogens with one attached hydrogen (secondary N) is 1. The van der Waals surface area contributed by atoms with E-state index in [0.717, 1.165) is 67.7 Å². The van der Waals surface area contributed by atoms with Crippen LogP contribution in [0.1, 0.15) is 98.8 Å². The predicted octanol–water partition coefficient (Wildman–Crippen LogP) is 5.49. The van der Waals surface area contributed by atoms with Crippen molar-refractivity contribution < 1.29 is 23.8 Å². The first-order chi connectivity index (χ1) is 19.8. The average molecular weight is 586 g/mol. The van der Waals surface area contributed by atoms with Gasteiger partial charge in [-0.2, -0.15) is 9.97 Å². The van der Waals surface area contributed by atoms with Gasteiger partial charge < -0.3 is 19.5 Å². The Kier molecular flexibility index (Phi) is 9.57. The molecule has 0 amide bonds. The summed E-state index contributed by atoms with van der Waals surface area (Å²) in [5.41, 5.74) is 1.56. The van der Waals surface area contributed by atoms with Crippen molar-refractivity contribution in [1.82, 2.24) is 19.9 Å². The topological polar surface area (TPSA) is 125 Å². The minimum Gasteiger partial charge on any atom is -0.469 e. The molecule has 4 fully saturated rings. The lowest BCUT2D eigenvalue weighted by Gasteiger charge is -2.14. The fourth-order valence-corrected chi connectivity index (χ4v) is 4.41. The number of nitrogens with zero attached hydrogens (tertiary/aromatic N) is 4. The summed E-state index contributed by atoms with van der Waals surface area (Å²) < 4.78 is 15.6.